The number of hydrogen-bond donors (Lipinski definition) is 0. The van der Waals surface area contributed by atoms with Crippen molar-refractivity contribution in [2.75, 3.05) is 7.11 Å². The second-order valence-corrected chi connectivity index (χ2v) is 6.34. The van der Waals surface area contributed by atoms with Crippen molar-refractivity contribution in [3.8, 4) is 16.4 Å². The molecule has 0 aliphatic carbocycles. The molecule has 0 amide bonds. The smallest absolute Gasteiger partial charge is 0.310 e. The van der Waals surface area contributed by atoms with Gasteiger partial charge in [-0.1, -0.05) is 22.8 Å². The maximum absolute atomic E-state index is 12.0. The van der Waals surface area contributed by atoms with Crippen LogP contribution in [0.25, 0.3) is 10.6 Å². The number of thiophene rings is 1. The van der Waals surface area contributed by atoms with Gasteiger partial charge in [0.05, 0.1) is 18.4 Å². The van der Waals surface area contributed by atoms with E-state index in [1.165, 1.54) is 0 Å². The summed E-state index contributed by atoms with van der Waals surface area (Å²) >= 11 is 7.51. The molecule has 0 unspecified atom stereocenters. The number of aromatic nitrogens is 1. The molecule has 2 heterocycles. The molecule has 3 rings (SSSR count). The van der Waals surface area contributed by atoms with Crippen LogP contribution in [0.2, 0.25) is 5.02 Å². The van der Waals surface area contributed by atoms with Gasteiger partial charge in [-0.15, -0.1) is 11.3 Å². The molecule has 0 aliphatic rings. The first-order valence-electron chi connectivity index (χ1n) is 7.13. The van der Waals surface area contributed by atoms with Gasteiger partial charge >= 0.3 is 5.97 Å². The number of nitrogens with zero attached hydrogens (tertiary/aromatic N) is 1. The highest BCUT2D eigenvalue weighted by Crippen LogP contribution is 2.26. The van der Waals surface area contributed by atoms with Crippen LogP contribution in [0.1, 0.15) is 11.3 Å². The Kier molecular flexibility index (Phi) is 5.17. The van der Waals surface area contributed by atoms with Crippen LogP contribution in [0.15, 0.2) is 46.3 Å². The molecular formula is C17H14ClNO4S. The summed E-state index contributed by atoms with van der Waals surface area (Å²) in [6, 6.07) is 10.7. The molecule has 0 atom stereocenters. The van der Waals surface area contributed by atoms with Gasteiger partial charge in [0, 0.05) is 16.7 Å². The Morgan fingerprint density at radius 2 is 2.21 bits per heavy atom. The van der Waals surface area contributed by atoms with Crippen LogP contribution < -0.4 is 4.74 Å². The lowest BCUT2D eigenvalue weighted by Crippen LogP contribution is -2.09. The second kappa shape index (κ2) is 7.51. The zero-order valence-electron chi connectivity index (χ0n) is 12.8. The monoisotopic (exact) mass is 363 g/mol. The molecule has 7 heteroatoms. The van der Waals surface area contributed by atoms with Crippen LogP contribution in [0.4, 0.5) is 0 Å². The van der Waals surface area contributed by atoms with Crippen molar-refractivity contribution in [1.29, 1.82) is 0 Å². The third kappa shape index (κ3) is 3.96. The molecule has 0 saturated carbocycles. The molecule has 0 aliphatic heterocycles. The first kappa shape index (κ1) is 16.5. The minimum atomic E-state index is -0.392. The number of carbonyl (C=O) groups is 1. The average molecular weight is 364 g/mol. The molecule has 1 aromatic carbocycles. The van der Waals surface area contributed by atoms with E-state index in [0.29, 0.717) is 27.8 Å². The zero-order chi connectivity index (χ0) is 16.9. The lowest BCUT2D eigenvalue weighted by molar-refractivity contribution is -0.144. The van der Waals surface area contributed by atoms with Crippen molar-refractivity contribution >= 4 is 28.9 Å². The van der Waals surface area contributed by atoms with E-state index < -0.39 is 5.97 Å². The molecular weight excluding hydrogens is 350 g/mol. The Morgan fingerprint density at radius 3 is 2.96 bits per heavy atom. The van der Waals surface area contributed by atoms with Crippen LogP contribution in [0.5, 0.6) is 5.75 Å². The molecule has 0 radical (unpaired) electrons. The fourth-order valence-corrected chi connectivity index (χ4v) is 3.03. The third-order valence-corrected chi connectivity index (χ3v) is 4.40. The molecule has 24 heavy (non-hydrogen) atoms. The van der Waals surface area contributed by atoms with E-state index in [1.807, 2.05) is 17.5 Å². The zero-order valence-corrected chi connectivity index (χ0v) is 14.4. The van der Waals surface area contributed by atoms with Crippen LogP contribution in [-0.2, 0) is 22.6 Å². The fourth-order valence-electron chi connectivity index (χ4n) is 2.16. The average Bonchev–Trinajstić information content (AvgIpc) is 3.24. The van der Waals surface area contributed by atoms with Crippen LogP contribution >= 0.6 is 22.9 Å². The SMILES string of the molecule is COc1ccc(Cl)cc1CC(=O)OCc1cc(-c2cccs2)on1. The molecule has 0 fully saturated rings. The number of halogens is 1. The highest BCUT2D eigenvalue weighted by Gasteiger charge is 2.13. The van der Waals surface area contributed by atoms with Gasteiger partial charge in [-0.2, -0.15) is 0 Å². The van der Waals surface area contributed by atoms with Gasteiger partial charge < -0.3 is 14.0 Å². The molecule has 2 aromatic heterocycles. The van der Waals surface area contributed by atoms with Gasteiger partial charge in [0.1, 0.15) is 18.1 Å². The molecule has 0 N–H and O–H groups in total. The quantitative estimate of drug-likeness (QED) is 0.609. The fraction of sp³-hybridized carbons (Fsp3) is 0.176. The van der Waals surface area contributed by atoms with Crippen molar-refractivity contribution in [3.05, 3.63) is 58.1 Å². The Morgan fingerprint density at radius 1 is 1.33 bits per heavy atom. The van der Waals surface area contributed by atoms with Crippen molar-refractivity contribution in [1.82, 2.24) is 5.16 Å². The van der Waals surface area contributed by atoms with E-state index in [0.717, 1.165) is 4.88 Å². The van der Waals surface area contributed by atoms with Gasteiger partial charge in [-0.3, -0.25) is 4.79 Å². The Bertz CT molecular complexity index is 829. The highest BCUT2D eigenvalue weighted by atomic mass is 35.5. The summed E-state index contributed by atoms with van der Waals surface area (Å²) < 4.78 is 15.7. The summed E-state index contributed by atoms with van der Waals surface area (Å²) in [5.41, 5.74) is 1.24. The van der Waals surface area contributed by atoms with Crippen molar-refractivity contribution in [2.24, 2.45) is 0 Å². The summed E-state index contributed by atoms with van der Waals surface area (Å²) in [7, 11) is 1.54. The summed E-state index contributed by atoms with van der Waals surface area (Å²) in [4.78, 5) is 13.0. The van der Waals surface area contributed by atoms with Crippen LogP contribution in [0.3, 0.4) is 0 Å². The highest BCUT2D eigenvalue weighted by molar-refractivity contribution is 7.13. The van der Waals surface area contributed by atoms with Crippen molar-refractivity contribution < 1.29 is 18.8 Å². The van der Waals surface area contributed by atoms with Gasteiger partial charge in [0.2, 0.25) is 0 Å². The normalized spacial score (nSPS) is 10.6. The molecule has 0 spiro atoms. The third-order valence-electron chi connectivity index (χ3n) is 3.28. The van der Waals surface area contributed by atoms with E-state index >= 15 is 0 Å². The van der Waals surface area contributed by atoms with Crippen molar-refractivity contribution in [3.63, 3.8) is 0 Å². The van der Waals surface area contributed by atoms with E-state index in [4.69, 9.17) is 25.6 Å². The van der Waals surface area contributed by atoms with Gasteiger partial charge in [-0.05, 0) is 29.6 Å². The van der Waals surface area contributed by atoms with Gasteiger partial charge in [-0.25, -0.2) is 0 Å². The largest absolute Gasteiger partial charge is 0.496 e. The molecule has 5 nitrogen and oxygen atoms in total. The van der Waals surface area contributed by atoms with Gasteiger partial charge in [0.15, 0.2) is 5.76 Å². The second-order valence-electron chi connectivity index (χ2n) is 4.95. The topological polar surface area (TPSA) is 61.6 Å². The number of esters is 1. The van der Waals surface area contributed by atoms with E-state index in [9.17, 15) is 4.79 Å². The standard InChI is InChI=1S/C17H14ClNO4S/c1-21-14-5-4-12(18)7-11(14)8-17(20)22-10-13-9-15(23-19-13)16-3-2-6-24-16/h2-7,9H,8,10H2,1H3. The summed E-state index contributed by atoms with van der Waals surface area (Å²) in [6.45, 7) is 0.0522. The molecule has 0 bridgehead atoms. The Labute approximate surface area is 147 Å². The van der Waals surface area contributed by atoms with E-state index in [1.54, 1.807) is 42.7 Å². The number of hydrogen-bond acceptors (Lipinski definition) is 6. The Balaban J connectivity index is 1.59. The predicted molar refractivity (Wildman–Crippen MR) is 91.3 cm³/mol. The molecule has 3 aromatic rings. The first-order valence-corrected chi connectivity index (χ1v) is 8.39. The predicted octanol–water partition coefficient (Wildman–Crippen LogP) is 4.35. The molecule has 0 saturated heterocycles. The maximum Gasteiger partial charge on any atom is 0.310 e. The number of benzene rings is 1. The maximum atomic E-state index is 12.0. The van der Waals surface area contributed by atoms with E-state index in [2.05, 4.69) is 5.16 Å². The first-order chi connectivity index (χ1) is 11.7. The lowest BCUT2D eigenvalue weighted by Gasteiger charge is -2.08. The molecule has 124 valence electrons. The summed E-state index contributed by atoms with van der Waals surface area (Å²) in [5.74, 6) is 0.863. The van der Waals surface area contributed by atoms with Crippen LogP contribution in [0, 0.1) is 0 Å². The van der Waals surface area contributed by atoms with Crippen molar-refractivity contribution in [2.45, 2.75) is 13.0 Å². The summed E-state index contributed by atoms with van der Waals surface area (Å²) in [5, 5.41) is 6.40. The number of rotatable bonds is 6. The summed E-state index contributed by atoms with van der Waals surface area (Å²) in [6.07, 6.45) is 0.0688. The van der Waals surface area contributed by atoms with Crippen LogP contribution in [-0.4, -0.2) is 18.2 Å². The minimum absolute atomic E-state index is 0.0522. The van der Waals surface area contributed by atoms with E-state index in [-0.39, 0.29) is 13.0 Å². The minimum Gasteiger partial charge on any atom is -0.496 e. The number of ether oxygens (including phenoxy) is 2. The number of carbonyl (C=O) groups excluding carboxylic acids is 1. The Hall–Kier alpha value is -2.31. The van der Waals surface area contributed by atoms with Gasteiger partial charge in [0.25, 0.3) is 0 Å². The lowest BCUT2D eigenvalue weighted by atomic mass is 10.1. The number of methoxy groups -OCH3 is 1.